The van der Waals surface area contributed by atoms with Crippen LogP contribution < -0.4 is 4.90 Å². The molecule has 2 heteroatoms. The zero-order chi connectivity index (χ0) is 46.2. The molecule has 12 aromatic rings. The average Bonchev–Trinajstić information content (AvgIpc) is 4.06. The Labute approximate surface area is 412 Å². The molecule has 0 fully saturated rings. The molecule has 0 saturated carbocycles. The second-order valence-corrected chi connectivity index (χ2v) is 19.8. The lowest BCUT2D eigenvalue weighted by atomic mass is 9.67. The summed E-state index contributed by atoms with van der Waals surface area (Å²) in [5, 5.41) is 2.62. The lowest BCUT2D eigenvalue weighted by Crippen LogP contribution is -2.28. The number of hydrogen-bond donors (Lipinski definition) is 0. The van der Waals surface area contributed by atoms with Gasteiger partial charge in [-0.3, -0.25) is 0 Å². The average molecular weight is 908 g/mol. The maximum atomic E-state index is 2.48. The molecule has 0 saturated heterocycles. The molecule has 0 unspecified atom stereocenters. The third-order valence-corrected chi connectivity index (χ3v) is 16.4. The second-order valence-electron chi connectivity index (χ2n) is 18.7. The van der Waals surface area contributed by atoms with E-state index in [9.17, 15) is 0 Å². The van der Waals surface area contributed by atoms with Gasteiger partial charge in [0.1, 0.15) is 0 Å². The molecule has 0 spiro atoms. The molecular weight excluding hydrogens is 863 g/mol. The smallest absolute Gasteiger partial charge is 0.0714 e. The Kier molecular flexibility index (Phi) is 9.27. The van der Waals surface area contributed by atoms with E-state index in [1.165, 1.54) is 98.1 Å². The van der Waals surface area contributed by atoms with Crippen molar-refractivity contribution in [3.63, 3.8) is 0 Å². The van der Waals surface area contributed by atoms with E-state index < -0.39 is 10.8 Å². The molecule has 0 bridgehead atoms. The Bertz CT molecular complexity index is 3850. The van der Waals surface area contributed by atoms with Crippen LogP contribution in [0.2, 0.25) is 0 Å². The molecule has 1 heterocycles. The van der Waals surface area contributed by atoms with Crippen molar-refractivity contribution < 1.29 is 0 Å². The van der Waals surface area contributed by atoms with Gasteiger partial charge in [0.15, 0.2) is 0 Å². The third-order valence-electron chi connectivity index (χ3n) is 15.2. The number of thiophene rings is 1. The number of benzene rings is 11. The van der Waals surface area contributed by atoms with Crippen LogP contribution in [-0.2, 0) is 10.8 Å². The van der Waals surface area contributed by atoms with Gasteiger partial charge in [-0.1, -0.05) is 218 Å². The number of anilines is 3. The van der Waals surface area contributed by atoms with Crippen LogP contribution in [0, 0.1) is 0 Å². The van der Waals surface area contributed by atoms with Crippen molar-refractivity contribution in [1.82, 2.24) is 0 Å². The molecule has 0 amide bonds. The summed E-state index contributed by atoms with van der Waals surface area (Å²) in [6, 6.07) is 102. The van der Waals surface area contributed by atoms with Crippen LogP contribution in [0.4, 0.5) is 17.1 Å². The predicted molar refractivity (Wildman–Crippen MR) is 294 cm³/mol. The van der Waals surface area contributed by atoms with Gasteiger partial charge in [0, 0.05) is 37.2 Å². The normalized spacial score (nSPS) is 13.7. The van der Waals surface area contributed by atoms with Crippen LogP contribution in [0.25, 0.3) is 53.6 Å². The Morgan fingerprint density at radius 3 is 1.30 bits per heavy atom. The molecule has 2 aliphatic carbocycles. The van der Waals surface area contributed by atoms with E-state index in [0.29, 0.717) is 0 Å². The van der Waals surface area contributed by atoms with Gasteiger partial charge in [0.25, 0.3) is 0 Å². The van der Waals surface area contributed by atoms with Crippen molar-refractivity contribution in [2.24, 2.45) is 0 Å². The molecule has 11 aromatic carbocycles. The Morgan fingerprint density at radius 1 is 0.257 bits per heavy atom. The van der Waals surface area contributed by atoms with Gasteiger partial charge in [-0.05, 0) is 132 Å². The SMILES string of the molecule is c1ccc(C2(c3ccccc3)c3ccccc3-c3cc(N(c4ccc(-c5ccc6sc7ccccc7c6c5)cc4)c4ccc5c(c4)C(c4ccccc4)(c4ccccc4)c4ccccc4-5)ccc32)cc1. The summed E-state index contributed by atoms with van der Waals surface area (Å²) in [4.78, 5) is 2.48. The highest BCUT2D eigenvalue weighted by Crippen LogP contribution is 2.59. The quantitative estimate of drug-likeness (QED) is 0.147. The summed E-state index contributed by atoms with van der Waals surface area (Å²) in [7, 11) is 0. The summed E-state index contributed by atoms with van der Waals surface area (Å²) in [6.45, 7) is 0. The fourth-order valence-corrected chi connectivity index (χ4v) is 13.4. The Morgan fingerprint density at radius 2 is 0.686 bits per heavy atom. The van der Waals surface area contributed by atoms with Crippen LogP contribution in [-0.4, -0.2) is 0 Å². The van der Waals surface area contributed by atoms with Crippen molar-refractivity contribution in [2.45, 2.75) is 10.8 Å². The van der Waals surface area contributed by atoms with Crippen molar-refractivity contribution >= 4 is 48.6 Å². The molecule has 0 N–H and O–H groups in total. The molecule has 2 aliphatic rings. The molecular formula is C68H45NS. The fraction of sp³-hybridized carbons (Fsp3) is 0.0294. The van der Waals surface area contributed by atoms with Gasteiger partial charge in [-0.2, -0.15) is 0 Å². The van der Waals surface area contributed by atoms with E-state index in [-0.39, 0.29) is 0 Å². The summed E-state index contributed by atoms with van der Waals surface area (Å²) < 4.78 is 2.64. The second kappa shape index (κ2) is 16.0. The first-order valence-electron chi connectivity index (χ1n) is 24.2. The first-order chi connectivity index (χ1) is 34.7. The Hall–Kier alpha value is -8.56. The zero-order valence-corrected chi connectivity index (χ0v) is 39.2. The van der Waals surface area contributed by atoms with Crippen molar-refractivity contribution in [3.8, 4) is 33.4 Å². The Balaban J connectivity index is 0.997. The molecule has 70 heavy (non-hydrogen) atoms. The van der Waals surface area contributed by atoms with E-state index in [2.05, 4.69) is 278 Å². The summed E-state index contributed by atoms with van der Waals surface area (Å²) in [6.07, 6.45) is 0. The fourth-order valence-electron chi connectivity index (χ4n) is 12.3. The van der Waals surface area contributed by atoms with Crippen molar-refractivity contribution in [2.75, 3.05) is 4.90 Å². The minimum absolute atomic E-state index is 0.487. The van der Waals surface area contributed by atoms with Crippen molar-refractivity contribution in [1.29, 1.82) is 0 Å². The van der Waals surface area contributed by atoms with Crippen LogP contribution in [0.5, 0.6) is 0 Å². The summed E-state index contributed by atoms with van der Waals surface area (Å²) in [5.41, 5.74) is 19.9. The topological polar surface area (TPSA) is 3.24 Å². The van der Waals surface area contributed by atoms with Gasteiger partial charge >= 0.3 is 0 Å². The lowest BCUT2D eigenvalue weighted by Gasteiger charge is -2.35. The molecule has 14 rings (SSSR count). The number of nitrogens with zero attached hydrogens (tertiary/aromatic N) is 1. The molecule has 0 radical (unpaired) electrons. The molecule has 1 aromatic heterocycles. The third kappa shape index (κ3) is 5.90. The van der Waals surface area contributed by atoms with Gasteiger partial charge in [-0.25, -0.2) is 0 Å². The van der Waals surface area contributed by atoms with Gasteiger partial charge in [0.2, 0.25) is 0 Å². The van der Waals surface area contributed by atoms with E-state index >= 15 is 0 Å². The first-order valence-corrected chi connectivity index (χ1v) is 25.1. The first kappa shape index (κ1) is 40.5. The summed E-state index contributed by atoms with van der Waals surface area (Å²) in [5.74, 6) is 0. The highest BCUT2D eigenvalue weighted by molar-refractivity contribution is 7.25. The number of hydrogen-bond acceptors (Lipinski definition) is 2. The molecule has 1 nitrogen and oxygen atoms in total. The molecule has 0 aliphatic heterocycles. The standard InChI is InChI=1S/C68H45NS/c1-5-19-48(20-6-1)67(49-21-7-2-8-22-49)62-31-17-14-28-56(62)59-44-53(39-41-63(59)67)69(52-36-33-46(34-37-52)47-35-42-66-60(43-47)58-29-15-18-32-65(58)70-66)54-38-40-57-55-27-13-16-30-61(55)68(64(57)45-54,50-23-9-3-10-24-50)51-25-11-4-12-26-51/h1-45H. The highest BCUT2D eigenvalue weighted by atomic mass is 32.1. The number of rotatable bonds is 8. The van der Waals surface area contributed by atoms with E-state index in [0.717, 1.165) is 17.1 Å². The lowest BCUT2D eigenvalue weighted by molar-refractivity contribution is 0.768. The van der Waals surface area contributed by atoms with Crippen LogP contribution in [0.1, 0.15) is 44.5 Å². The predicted octanol–water partition coefficient (Wildman–Crippen LogP) is 17.9. The maximum absolute atomic E-state index is 2.48. The van der Waals surface area contributed by atoms with Crippen LogP contribution in [0.15, 0.2) is 273 Å². The van der Waals surface area contributed by atoms with Crippen LogP contribution in [0.3, 0.4) is 0 Å². The molecule has 0 atom stereocenters. The van der Waals surface area contributed by atoms with Gasteiger partial charge < -0.3 is 4.90 Å². The number of fused-ring (bicyclic) bond motifs is 9. The van der Waals surface area contributed by atoms with Gasteiger partial charge in [-0.15, -0.1) is 11.3 Å². The van der Waals surface area contributed by atoms with E-state index in [1.54, 1.807) is 0 Å². The molecule has 328 valence electrons. The van der Waals surface area contributed by atoms with Crippen molar-refractivity contribution in [3.05, 3.63) is 317 Å². The minimum atomic E-state index is -0.535. The summed E-state index contributed by atoms with van der Waals surface area (Å²) >= 11 is 1.86. The highest BCUT2D eigenvalue weighted by Gasteiger charge is 2.48. The van der Waals surface area contributed by atoms with E-state index in [1.807, 2.05) is 11.3 Å². The van der Waals surface area contributed by atoms with Gasteiger partial charge in [0.05, 0.1) is 10.8 Å². The van der Waals surface area contributed by atoms with Crippen LogP contribution >= 0.6 is 11.3 Å². The van der Waals surface area contributed by atoms with E-state index in [4.69, 9.17) is 0 Å². The maximum Gasteiger partial charge on any atom is 0.0714 e. The zero-order valence-electron chi connectivity index (χ0n) is 38.3. The largest absolute Gasteiger partial charge is 0.310 e. The minimum Gasteiger partial charge on any atom is -0.310 e. The monoisotopic (exact) mass is 907 g/mol.